The van der Waals surface area contributed by atoms with Crippen molar-refractivity contribution in [1.82, 2.24) is 10.6 Å². The number of unbranched alkanes of at least 4 members (excludes halogenated alkanes) is 1. The SMILES string of the molecule is CC(C)NCC(C)NCCCCc1ccccc1. The summed E-state index contributed by atoms with van der Waals surface area (Å²) in [6.07, 6.45) is 3.71. The third kappa shape index (κ3) is 7.46. The van der Waals surface area contributed by atoms with Gasteiger partial charge in [0.15, 0.2) is 0 Å². The van der Waals surface area contributed by atoms with E-state index >= 15 is 0 Å². The molecule has 0 bridgehead atoms. The Morgan fingerprint density at radius 3 is 2.33 bits per heavy atom. The molecule has 1 rings (SSSR count). The van der Waals surface area contributed by atoms with Gasteiger partial charge in [-0.3, -0.25) is 0 Å². The van der Waals surface area contributed by atoms with Crippen molar-refractivity contribution in [3.8, 4) is 0 Å². The molecule has 0 amide bonds. The first kappa shape index (κ1) is 15.2. The molecule has 2 nitrogen and oxygen atoms in total. The van der Waals surface area contributed by atoms with E-state index in [1.54, 1.807) is 0 Å². The molecule has 1 aromatic carbocycles. The van der Waals surface area contributed by atoms with Crippen LogP contribution in [0.5, 0.6) is 0 Å². The topological polar surface area (TPSA) is 24.1 Å². The summed E-state index contributed by atoms with van der Waals surface area (Å²) in [5.74, 6) is 0. The summed E-state index contributed by atoms with van der Waals surface area (Å²) >= 11 is 0. The lowest BCUT2D eigenvalue weighted by atomic mass is 10.1. The zero-order valence-electron chi connectivity index (χ0n) is 12.1. The summed E-state index contributed by atoms with van der Waals surface area (Å²) in [5.41, 5.74) is 1.45. The highest BCUT2D eigenvalue weighted by Crippen LogP contribution is 2.03. The molecule has 0 radical (unpaired) electrons. The second kappa shape index (κ2) is 9.12. The summed E-state index contributed by atoms with van der Waals surface area (Å²) in [4.78, 5) is 0. The normalized spacial score (nSPS) is 12.9. The van der Waals surface area contributed by atoms with Crippen LogP contribution < -0.4 is 10.6 Å². The van der Waals surface area contributed by atoms with Crippen LogP contribution in [-0.2, 0) is 6.42 Å². The van der Waals surface area contributed by atoms with Crippen molar-refractivity contribution >= 4 is 0 Å². The molecule has 18 heavy (non-hydrogen) atoms. The third-order valence-electron chi connectivity index (χ3n) is 3.06. The molecule has 0 aliphatic rings. The first-order valence-electron chi connectivity index (χ1n) is 7.19. The summed E-state index contributed by atoms with van der Waals surface area (Å²) in [6, 6.07) is 11.9. The zero-order chi connectivity index (χ0) is 13.2. The maximum absolute atomic E-state index is 3.56. The molecular formula is C16H28N2. The molecule has 1 unspecified atom stereocenters. The van der Waals surface area contributed by atoms with Crippen molar-refractivity contribution in [3.05, 3.63) is 35.9 Å². The Morgan fingerprint density at radius 1 is 0.944 bits per heavy atom. The van der Waals surface area contributed by atoms with Crippen LogP contribution in [0.1, 0.15) is 39.2 Å². The van der Waals surface area contributed by atoms with E-state index in [0.29, 0.717) is 12.1 Å². The predicted octanol–water partition coefficient (Wildman–Crippen LogP) is 2.99. The number of nitrogens with one attached hydrogen (secondary N) is 2. The Labute approximate surface area is 112 Å². The average molecular weight is 248 g/mol. The van der Waals surface area contributed by atoms with Gasteiger partial charge in [0.1, 0.15) is 0 Å². The Hall–Kier alpha value is -0.860. The fourth-order valence-electron chi connectivity index (χ4n) is 1.93. The monoisotopic (exact) mass is 248 g/mol. The summed E-state index contributed by atoms with van der Waals surface area (Å²) < 4.78 is 0. The van der Waals surface area contributed by atoms with Gasteiger partial charge in [-0.2, -0.15) is 0 Å². The summed E-state index contributed by atoms with van der Waals surface area (Å²) in [7, 11) is 0. The van der Waals surface area contributed by atoms with E-state index < -0.39 is 0 Å². The Morgan fingerprint density at radius 2 is 1.67 bits per heavy atom. The molecule has 0 aliphatic carbocycles. The molecule has 0 heterocycles. The molecule has 2 N–H and O–H groups in total. The molecule has 102 valence electrons. The summed E-state index contributed by atoms with van der Waals surface area (Å²) in [5, 5.41) is 7.01. The van der Waals surface area contributed by atoms with E-state index in [1.165, 1.54) is 24.8 Å². The van der Waals surface area contributed by atoms with Crippen LogP contribution in [0.25, 0.3) is 0 Å². The molecule has 0 spiro atoms. The number of benzene rings is 1. The standard InChI is InChI=1S/C16H28N2/c1-14(2)18-13-15(3)17-12-8-7-11-16-9-5-4-6-10-16/h4-6,9-10,14-15,17-18H,7-8,11-13H2,1-3H3. The van der Waals surface area contributed by atoms with E-state index in [2.05, 4.69) is 61.7 Å². The van der Waals surface area contributed by atoms with Crippen LogP contribution in [0.15, 0.2) is 30.3 Å². The Kier molecular flexibility index (Phi) is 7.70. The van der Waals surface area contributed by atoms with Gasteiger partial charge in [0.25, 0.3) is 0 Å². The van der Waals surface area contributed by atoms with Crippen molar-refractivity contribution in [1.29, 1.82) is 0 Å². The van der Waals surface area contributed by atoms with Crippen molar-refractivity contribution in [2.24, 2.45) is 0 Å². The van der Waals surface area contributed by atoms with Crippen LogP contribution in [0.3, 0.4) is 0 Å². The lowest BCUT2D eigenvalue weighted by Crippen LogP contribution is -2.39. The highest BCUT2D eigenvalue weighted by molar-refractivity contribution is 5.14. The number of hydrogen-bond donors (Lipinski definition) is 2. The minimum Gasteiger partial charge on any atom is -0.313 e. The number of aryl methyl sites for hydroxylation is 1. The van der Waals surface area contributed by atoms with E-state index in [1.807, 2.05) is 0 Å². The molecule has 0 saturated heterocycles. The van der Waals surface area contributed by atoms with Gasteiger partial charge in [-0.05, 0) is 38.3 Å². The number of rotatable bonds is 9. The van der Waals surface area contributed by atoms with Gasteiger partial charge in [-0.1, -0.05) is 44.2 Å². The Bertz CT molecular complexity index is 295. The van der Waals surface area contributed by atoms with Gasteiger partial charge in [0.2, 0.25) is 0 Å². The quantitative estimate of drug-likeness (QED) is 0.657. The lowest BCUT2D eigenvalue weighted by Gasteiger charge is -2.16. The van der Waals surface area contributed by atoms with E-state index in [4.69, 9.17) is 0 Å². The van der Waals surface area contributed by atoms with Crippen LogP contribution >= 0.6 is 0 Å². The van der Waals surface area contributed by atoms with Crippen LogP contribution in [0.4, 0.5) is 0 Å². The van der Waals surface area contributed by atoms with Gasteiger partial charge >= 0.3 is 0 Å². The minimum atomic E-state index is 0.559. The molecular weight excluding hydrogens is 220 g/mol. The first-order chi connectivity index (χ1) is 8.68. The van der Waals surface area contributed by atoms with E-state index in [-0.39, 0.29) is 0 Å². The second-order valence-corrected chi connectivity index (χ2v) is 5.36. The highest BCUT2D eigenvalue weighted by Gasteiger charge is 2.01. The van der Waals surface area contributed by atoms with Gasteiger partial charge in [0.05, 0.1) is 0 Å². The van der Waals surface area contributed by atoms with Crippen molar-refractivity contribution in [2.75, 3.05) is 13.1 Å². The third-order valence-corrected chi connectivity index (χ3v) is 3.06. The zero-order valence-corrected chi connectivity index (χ0v) is 12.1. The highest BCUT2D eigenvalue weighted by atomic mass is 15.0. The lowest BCUT2D eigenvalue weighted by molar-refractivity contribution is 0.467. The van der Waals surface area contributed by atoms with E-state index in [9.17, 15) is 0 Å². The average Bonchev–Trinajstić information content (AvgIpc) is 2.37. The van der Waals surface area contributed by atoms with E-state index in [0.717, 1.165) is 13.1 Å². The molecule has 1 atom stereocenters. The fraction of sp³-hybridized carbons (Fsp3) is 0.625. The van der Waals surface area contributed by atoms with Gasteiger partial charge < -0.3 is 10.6 Å². The van der Waals surface area contributed by atoms with Crippen LogP contribution in [-0.4, -0.2) is 25.2 Å². The van der Waals surface area contributed by atoms with Crippen molar-refractivity contribution in [3.63, 3.8) is 0 Å². The molecule has 0 fully saturated rings. The number of hydrogen-bond acceptors (Lipinski definition) is 2. The van der Waals surface area contributed by atoms with Crippen LogP contribution in [0.2, 0.25) is 0 Å². The maximum Gasteiger partial charge on any atom is 0.0164 e. The fourth-order valence-corrected chi connectivity index (χ4v) is 1.93. The maximum atomic E-state index is 3.56. The smallest absolute Gasteiger partial charge is 0.0164 e. The molecule has 2 heteroatoms. The van der Waals surface area contributed by atoms with Gasteiger partial charge in [-0.15, -0.1) is 0 Å². The van der Waals surface area contributed by atoms with Gasteiger partial charge in [-0.25, -0.2) is 0 Å². The predicted molar refractivity (Wildman–Crippen MR) is 80.0 cm³/mol. The molecule has 1 aromatic rings. The minimum absolute atomic E-state index is 0.559. The second-order valence-electron chi connectivity index (χ2n) is 5.36. The van der Waals surface area contributed by atoms with Crippen molar-refractivity contribution in [2.45, 2.75) is 52.1 Å². The van der Waals surface area contributed by atoms with Crippen molar-refractivity contribution < 1.29 is 0 Å². The van der Waals surface area contributed by atoms with Crippen LogP contribution in [0, 0.1) is 0 Å². The molecule has 0 aromatic heterocycles. The molecule has 0 aliphatic heterocycles. The summed E-state index contributed by atoms with van der Waals surface area (Å²) in [6.45, 7) is 8.79. The first-order valence-corrected chi connectivity index (χ1v) is 7.19. The van der Waals surface area contributed by atoms with Gasteiger partial charge in [0, 0.05) is 18.6 Å². The Balaban J connectivity index is 1.98. The molecule has 0 saturated carbocycles. The largest absolute Gasteiger partial charge is 0.313 e.